The number of carboxylic acids is 1. The number of aromatic amines is 1. The Morgan fingerprint density at radius 2 is 2.18 bits per heavy atom. The van der Waals surface area contributed by atoms with E-state index in [9.17, 15) is 9.59 Å². The molecule has 17 heavy (non-hydrogen) atoms. The van der Waals surface area contributed by atoms with Crippen LogP contribution in [0.3, 0.4) is 0 Å². The van der Waals surface area contributed by atoms with Crippen molar-refractivity contribution in [2.24, 2.45) is 0 Å². The molecule has 2 aromatic rings. The second kappa shape index (κ2) is 4.52. The van der Waals surface area contributed by atoms with Crippen LogP contribution in [0, 0.1) is 0 Å². The van der Waals surface area contributed by atoms with Crippen LogP contribution in [0.1, 0.15) is 26.8 Å². The third-order valence-corrected chi connectivity index (χ3v) is 2.03. The Balaban J connectivity index is 1.97. The van der Waals surface area contributed by atoms with E-state index in [2.05, 4.69) is 15.3 Å². The molecule has 0 aliphatic rings. The number of hydrogen-bond donors (Lipinski definition) is 3. The van der Waals surface area contributed by atoms with Gasteiger partial charge < -0.3 is 19.8 Å². The van der Waals surface area contributed by atoms with Gasteiger partial charge in [0, 0.05) is 6.20 Å². The Morgan fingerprint density at radius 3 is 2.76 bits per heavy atom. The van der Waals surface area contributed by atoms with Gasteiger partial charge >= 0.3 is 5.97 Å². The van der Waals surface area contributed by atoms with Crippen LogP contribution < -0.4 is 5.32 Å². The highest BCUT2D eigenvalue weighted by atomic mass is 16.4. The van der Waals surface area contributed by atoms with E-state index in [1.54, 1.807) is 6.20 Å². The van der Waals surface area contributed by atoms with Gasteiger partial charge in [0.1, 0.15) is 0 Å². The second-order valence-corrected chi connectivity index (χ2v) is 3.23. The van der Waals surface area contributed by atoms with Gasteiger partial charge in [-0.2, -0.15) is 0 Å². The van der Waals surface area contributed by atoms with Crippen molar-refractivity contribution in [1.82, 2.24) is 15.3 Å². The summed E-state index contributed by atoms with van der Waals surface area (Å²) in [5.74, 6) is -2.00. The molecule has 0 aliphatic carbocycles. The van der Waals surface area contributed by atoms with E-state index in [0.717, 1.165) is 5.69 Å². The number of nitrogens with one attached hydrogen (secondary N) is 2. The quantitative estimate of drug-likeness (QED) is 0.720. The zero-order valence-electron chi connectivity index (χ0n) is 8.64. The van der Waals surface area contributed by atoms with Crippen LogP contribution in [0.4, 0.5) is 0 Å². The van der Waals surface area contributed by atoms with Crippen LogP contribution in [0.2, 0.25) is 0 Å². The van der Waals surface area contributed by atoms with Gasteiger partial charge in [0.05, 0.1) is 18.6 Å². The SMILES string of the molecule is O=C(O)c1ccc(C(=O)NCc2cnc[nH]2)o1. The number of carbonyl (C=O) groups excluding carboxylic acids is 1. The molecule has 2 aromatic heterocycles. The van der Waals surface area contributed by atoms with Gasteiger partial charge in [-0.25, -0.2) is 9.78 Å². The smallest absolute Gasteiger partial charge is 0.371 e. The molecule has 3 N–H and O–H groups in total. The Kier molecular flexibility index (Phi) is 2.91. The third-order valence-electron chi connectivity index (χ3n) is 2.03. The number of aromatic carboxylic acids is 1. The largest absolute Gasteiger partial charge is 0.475 e. The molecule has 7 nitrogen and oxygen atoms in total. The zero-order chi connectivity index (χ0) is 12.3. The number of H-pyrrole nitrogens is 1. The van der Waals surface area contributed by atoms with Gasteiger partial charge in [0.25, 0.3) is 5.91 Å². The van der Waals surface area contributed by atoms with Crippen molar-refractivity contribution in [3.05, 3.63) is 41.9 Å². The number of carboxylic acid groups (broad SMARTS) is 1. The van der Waals surface area contributed by atoms with Gasteiger partial charge in [-0.1, -0.05) is 0 Å². The van der Waals surface area contributed by atoms with Crippen LogP contribution in [0.25, 0.3) is 0 Å². The van der Waals surface area contributed by atoms with Crippen LogP contribution >= 0.6 is 0 Å². The van der Waals surface area contributed by atoms with Gasteiger partial charge in [-0.3, -0.25) is 4.79 Å². The fraction of sp³-hybridized carbons (Fsp3) is 0.100. The van der Waals surface area contributed by atoms with E-state index in [0.29, 0.717) is 0 Å². The van der Waals surface area contributed by atoms with Crippen molar-refractivity contribution in [2.45, 2.75) is 6.54 Å². The summed E-state index contributed by atoms with van der Waals surface area (Å²) in [6, 6.07) is 2.54. The number of rotatable bonds is 4. The van der Waals surface area contributed by atoms with Crippen LogP contribution in [-0.4, -0.2) is 27.0 Å². The average molecular weight is 235 g/mol. The summed E-state index contributed by atoms with van der Waals surface area (Å²) in [6.07, 6.45) is 3.07. The fourth-order valence-electron chi connectivity index (χ4n) is 1.22. The molecule has 0 spiro atoms. The summed E-state index contributed by atoms with van der Waals surface area (Å²) in [5, 5.41) is 11.2. The summed E-state index contributed by atoms with van der Waals surface area (Å²) in [4.78, 5) is 28.7. The van der Waals surface area contributed by atoms with Crippen molar-refractivity contribution < 1.29 is 19.1 Å². The Hall–Kier alpha value is -2.57. The molecule has 0 atom stereocenters. The molecular formula is C10H9N3O4. The van der Waals surface area contributed by atoms with Crippen molar-refractivity contribution >= 4 is 11.9 Å². The molecule has 0 unspecified atom stereocenters. The lowest BCUT2D eigenvalue weighted by atomic mass is 10.4. The van der Waals surface area contributed by atoms with E-state index < -0.39 is 11.9 Å². The molecule has 0 saturated heterocycles. The summed E-state index contributed by atoms with van der Waals surface area (Å²) < 4.78 is 4.84. The Labute approximate surface area is 95.5 Å². The molecule has 0 aliphatic heterocycles. The van der Waals surface area contributed by atoms with E-state index in [-0.39, 0.29) is 18.1 Å². The van der Waals surface area contributed by atoms with Crippen LogP contribution in [0.5, 0.6) is 0 Å². The number of carbonyl (C=O) groups is 2. The second-order valence-electron chi connectivity index (χ2n) is 3.23. The fourth-order valence-corrected chi connectivity index (χ4v) is 1.22. The zero-order valence-corrected chi connectivity index (χ0v) is 8.64. The normalized spacial score (nSPS) is 10.1. The minimum atomic E-state index is -1.21. The minimum Gasteiger partial charge on any atom is -0.475 e. The van der Waals surface area contributed by atoms with Gasteiger partial charge in [0.2, 0.25) is 5.76 Å². The molecule has 88 valence electrons. The molecule has 2 rings (SSSR count). The molecule has 1 amide bonds. The van der Waals surface area contributed by atoms with Crippen LogP contribution in [0.15, 0.2) is 29.1 Å². The topological polar surface area (TPSA) is 108 Å². The Bertz CT molecular complexity index is 530. The van der Waals surface area contributed by atoms with Crippen LogP contribution in [-0.2, 0) is 6.54 Å². The summed E-state index contributed by atoms with van der Waals surface area (Å²) in [7, 11) is 0. The number of furan rings is 1. The molecular weight excluding hydrogens is 226 g/mol. The van der Waals surface area contributed by atoms with Crippen molar-refractivity contribution in [2.75, 3.05) is 0 Å². The summed E-state index contributed by atoms with van der Waals surface area (Å²) in [5.41, 5.74) is 0.739. The Morgan fingerprint density at radius 1 is 1.41 bits per heavy atom. The highest BCUT2D eigenvalue weighted by Gasteiger charge is 2.14. The van der Waals surface area contributed by atoms with Gasteiger partial charge in [0.15, 0.2) is 5.76 Å². The van der Waals surface area contributed by atoms with Crippen molar-refractivity contribution in [1.29, 1.82) is 0 Å². The molecule has 0 aromatic carbocycles. The number of amides is 1. The number of nitrogens with zero attached hydrogens (tertiary/aromatic N) is 1. The van der Waals surface area contributed by atoms with E-state index in [4.69, 9.17) is 9.52 Å². The molecule has 0 radical (unpaired) electrons. The number of hydrogen-bond acceptors (Lipinski definition) is 4. The predicted molar refractivity (Wildman–Crippen MR) is 55.4 cm³/mol. The maximum atomic E-state index is 11.5. The highest BCUT2D eigenvalue weighted by Crippen LogP contribution is 2.07. The molecule has 2 heterocycles. The molecule has 0 bridgehead atoms. The number of imidazole rings is 1. The van der Waals surface area contributed by atoms with Gasteiger partial charge in [-0.15, -0.1) is 0 Å². The van der Waals surface area contributed by atoms with E-state index in [1.165, 1.54) is 18.5 Å². The first-order valence-corrected chi connectivity index (χ1v) is 4.75. The van der Waals surface area contributed by atoms with E-state index in [1.807, 2.05) is 0 Å². The summed E-state index contributed by atoms with van der Waals surface area (Å²) >= 11 is 0. The minimum absolute atomic E-state index is 0.0399. The lowest BCUT2D eigenvalue weighted by molar-refractivity contribution is 0.0659. The predicted octanol–water partition coefficient (Wildman–Crippen LogP) is 0.631. The van der Waals surface area contributed by atoms with Crippen molar-refractivity contribution in [3.8, 4) is 0 Å². The monoisotopic (exact) mass is 235 g/mol. The standard InChI is InChI=1S/C10H9N3O4/c14-9(12-4-6-3-11-5-13-6)7-1-2-8(17-7)10(15)16/h1-3,5H,4H2,(H,11,13)(H,12,14)(H,15,16). The third kappa shape index (κ3) is 2.51. The highest BCUT2D eigenvalue weighted by molar-refractivity contribution is 5.93. The first kappa shape index (κ1) is 10.9. The average Bonchev–Trinajstić information content (AvgIpc) is 2.96. The molecule has 7 heteroatoms. The lowest BCUT2D eigenvalue weighted by Gasteiger charge is -1.99. The molecule has 0 fully saturated rings. The maximum absolute atomic E-state index is 11.5. The van der Waals surface area contributed by atoms with E-state index >= 15 is 0 Å². The maximum Gasteiger partial charge on any atom is 0.371 e. The van der Waals surface area contributed by atoms with Crippen molar-refractivity contribution in [3.63, 3.8) is 0 Å². The lowest BCUT2D eigenvalue weighted by Crippen LogP contribution is -2.22. The molecule has 0 saturated carbocycles. The number of aromatic nitrogens is 2. The first-order chi connectivity index (χ1) is 8.16. The van der Waals surface area contributed by atoms with Gasteiger partial charge in [-0.05, 0) is 12.1 Å². The summed E-state index contributed by atoms with van der Waals surface area (Å²) in [6.45, 7) is 0.266. The first-order valence-electron chi connectivity index (χ1n) is 4.75.